The van der Waals surface area contributed by atoms with Crippen LogP contribution in [0.4, 0.5) is 0 Å². The molecule has 0 spiro atoms. The van der Waals surface area contributed by atoms with Gasteiger partial charge >= 0.3 is 11.9 Å². The molecule has 2 aliphatic heterocycles. The highest BCUT2D eigenvalue weighted by atomic mass is 16.6. The van der Waals surface area contributed by atoms with E-state index < -0.39 is 0 Å². The third kappa shape index (κ3) is 5.42. The summed E-state index contributed by atoms with van der Waals surface area (Å²) in [4.78, 5) is 23.2. The summed E-state index contributed by atoms with van der Waals surface area (Å²) < 4.78 is 22.4. The Morgan fingerprint density at radius 3 is 1.59 bits per heavy atom. The number of rotatable bonds is 9. The van der Waals surface area contributed by atoms with E-state index in [0.717, 1.165) is 48.3 Å². The fraction of sp³-hybridized carbons (Fsp3) is 0.462. The predicted molar refractivity (Wildman–Crippen MR) is 119 cm³/mol. The lowest BCUT2D eigenvalue weighted by Crippen LogP contribution is -2.31. The Bertz CT molecular complexity index is 856. The normalized spacial score (nSPS) is 28.3. The molecule has 0 saturated carbocycles. The fourth-order valence-electron chi connectivity index (χ4n) is 4.33. The Balaban J connectivity index is 1.09. The fourth-order valence-corrected chi connectivity index (χ4v) is 4.33. The van der Waals surface area contributed by atoms with Gasteiger partial charge in [0.05, 0.1) is 13.2 Å². The average Bonchev–Trinajstić information content (AvgIpc) is 2.74. The van der Waals surface area contributed by atoms with Crippen molar-refractivity contribution < 1.29 is 28.5 Å². The van der Waals surface area contributed by atoms with Gasteiger partial charge in [-0.1, -0.05) is 23.3 Å². The minimum Gasteiger partial charge on any atom is -0.494 e. The Hall–Kier alpha value is -3.02. The van der Waals surface area contributed by atoms with Crippen molar-refractivity contribution in [1.82, 2.24) is 0 Å². The van der Waals surface area contributed by atoms with Crippen LogP contribution in [0, 0.1) is 11.8 Å². The van der Waals surface area contributed by atoms with E-state index in [2.05, 4.69) is 0 Å². The number of hydrogen-bond acceptors (Lipinski definition) is 6. The van der Waals surface area contributed by atoms with Crippen molar-refractivity contribution >= 4 is 11.9 Å². The molecule has 4 rings (SSSR count). The Kier molecular flexibility index (Phi) is 6.98. The van der Waals surface area contributed by atoms with E-state index in [9.17, 15) is 9.59 Å². The van der Waals surface area contributed by atoms with Gasteiger partial charge in [-0.3, -0.25) is 0 Å². The Morgan fingerprint density at radius 1 is 0.719 bits per heavy atom. The maximum absolute atomic E-state index is 11.6. The van der Waals surface area contributed by atoms with E-state index >= 15 is 0 Å². The molecule has 2 aliphatic carbocycles. The minimum absolute atomic E-state index is 0.116. The highest BCUT2D eigenvalue weighted by Crippen LogP contribution is 2.31. The second-order valence-electron chi connectivity index (χ2n) is 8.60. The molecule has 0 N–H and O–H groups in total. The first-order valence-electron chi connectivity index (χ1n) is 11.3. The molecule has 0 aromatic rings. The maximum Gasteiger partial charge on any atom is 0.331 e. The van der Waals surface area contributed by atoms with Gasteiger partial charge in [-0.2, -0.15) is 0 Å². The number of ether oxygens (including phenoxy) is 4. The van der Waals surface area contributed by atoms with Gasteiger partial charge in [0.15, 0.2) is 0 Å². The number of hydrogen-bond donors (Lipinski definition) is 0. The first-order chi connectivity index (χ1) is 15.5. The summed E-state index contributed by atoms with van der Waals surface area (Å²) in [5.41, 5.74) is 2.04. The summed E-state index contributed by atoms with van der Waals surface area (Å²) in [7, 11) is 0. The molecule has 0 unspecified atom stereocenters. The number of unbranched alkanes of at least 4 members (excludes halogenated alkanes) is 3. The van der Waals surface area contributed by atoms with Gasteiger partial charge in [0.2, 0.25) is 0 Å². The van der Waals surface area contributed by atoms with Crippen LogP contribution < -0.4 is 0 Å². The summed E-state index contributed by atoms with van der Waals surface area (Å²) in [5.74, 6) is 1.18. The summed E-state index contributed by atoms with van der Waals surface area (Å²) in [6.45, 7) is 5.16. The molecule has 4 aliphatic rings. The van der Waals surface area contributed by atoms with Crippen LogP contribution in [-0.2, 0) is 28.5 Å². The highest BCUT2D eigenvalue weighted by Gasteiger charge is 2.31. The molecular weight excluding hydrogens is 408 g/mol. The van der Waals surface area contributed by atoms with Gasteiger partial charge in [-0.05, 0) is 63.8 Å². The van der Waals surface area contributed by atoms with Crippen LogP contribution in [0.25, 0.3) is 0 Å². The second-order valence-corrected chi connectivity index (χ2v) is 8.60. The summed E-state index contributed by atoms with van der Waals surface area (Å²) in [6.07, 6.45) is 18.4. The quantitative estimate of drug-likeness (QED) is 0.391. The third-order valence-electron chi connectivity index (χ3n) is 6.12. The predicted octanol–water partition coefficient (Wildman–Crippen LogP) is 4.46. The molecule has 0 amide bonds. The zero-order chi connectivity index (χ0) is 22.5. The maximum atomic E-state index is 11.6. The molecule has 0 radical (unpaired) electrons. The van der Waals surface area contributed by atoms with Crippen LogP contribution in [0.3, 0.4) is 0 Å². The van der Waals surface area contributed by atoms with Crippen molar-refractivity contribution in [2.45, 2.75) is 51.7 Å². The molecule has 0 aromatic carbocycles. The van der Waals surface area contributed by atoms with Crippen LogP contribution in [-0.4, -0.2) is 37.4 Å². The Labute approximate surface area is 188 Å². The summed E-state index contributed by atoms with van der Waals surface area (Å²) in [5, 5.41) is 0. The molecule has 0 fully saturated rings. The summed E-state index contributed by atoms with van der Waals surface area (Å²) in [6, 6.07) is 0. The number of esters is 2. The van der Waals surface area contributed by atoms with Gasteiger partial charge < -0.3 is 18.9 Å². The van der Waals surface area contributed by atoms with Gasteiger partial charge in [0.1, 0.15) is 23.7 Å². The topological polar surface area (TPSA) is 71.1 Å². The summed E-state index contributed by atoms with van der Waals surface area (Å²) >= 11 is 0. The molecule has 32 heavy (non-hydrogen) atoms. The lowest BCUT2D eigenvalue weighted by molar-refractivity contribution is -0.144. The van der Waals surface area contributed by atoms with E-state index in [1.54, 1.807) is 12.2 Å². The number of allylic oxidation sites excluding steroid dienone is 2. The second kappa shape index (κ2) is 10.1. The van der Waals surface area contributed by atoms with Gasteiger partial charge in [-0.25, -0.2) is 9.59 Å². The number of carbonyl (C=O) groups excluding carboxylic acids is 2. The van der Waals surface area contributed by atoms with Crippen LogP contribution in [0.15, 0.2) is 71.3 Å². The van der Waals surface area contributed by atoms with Crippen molar-refractivity contribution in [3.63, 3.8) is 0 Å². The van der Waals surface area contributed by atoms with Crippen molar-refractivity contribution in [2.75, 3.05) is 13.2 Å². The van der Waals surface area contributed by atoms with Gasteiger partial charge in [-0.15, -0.1) is 0 Å². The molecule has 0 bridgehead atoms. The van der Waals surface area contributed by atoms with Crippen molar-refractivity contribution in [1.29, 1.82) is 0 Å². The largest absolute Gasteiger partial charge is 0.494 e. The van der Waals surface area contributed by atoms with Crippen molar-refractivity contribution in [3.05, 3.63) is 71.3 Å². The SMILES string of the molecule is CC1=CC(=O)O[C@H]2C=C(OCCCCCCOC3=C[C@H]4OC(=O)C=C(C)[C@@H]4C=C3)C=C[C@@H]12. The lowest BCUT2D eigenvalue weighted by Gasteiger charge is -2.29. The Morgan fingerprint density at radius 2 is 1.16 bits per heavy atom. The van der Waals surface area contributed by atoms with E-state index in [4.69, 9.17) is 18.9 Å². The standard InChI is InChI=1S/C26H30O6/c1-17-13-25(27)31-23-15-19(7-9-21(17)23)29-11-5-3-4-6-12-30-20-8-10-22-18(2)14-26(28)32-24(22)16-20/h7-10,13-16,21-24H,3-6,11-12H2,1-2H3/t21-,22-,23-,24+/m0/s1. The zero-order valence-corrected chi connectivity index (χ0v) is 18.6. The lowest BCUT2D eigenvalue weighted by atomic mass is 9.88. The molecule has 0 aromatic heterocycles. The minimum atomic E-state index is -0.289. The van der Waals surface area contributed by atoms with Crippen molar-refractivity contribution in [2.24, 2.45) is 11.8 Å². The van der Waals surface area contributed by atoms with Gasteiger partial charge in [0, 0.05) is 24.0 Å². The van der Waals surface area contributed by atoms with Crippen LogP contribution in [0.2, 0.25) is 0 Å². The van der Waals surface area contributed by atoms with E-state index in [1.807, 2.05) is 50.3 Å². The highest BCUT2D eigenvalue weighted by molar-refractivity contribution is 5.85. The zero-order valence-electron chi connectivity index (χ0n) is 18.6. The van der Waals surface area contributed by atoms with Gasteiger partial charge in [0.25, 0.3) is 0 Å². The van der Waals surface area contributed by atoms with E-state index in [1.165, 1.54) is 0 Å². The molecule has 0 saturated heterocycles. The first-order valence-corrected chi connectivity index (χ1v) is 11.3. The molecule has 6 nitrogen and oxygen atoms in total. The molecule has 2 heterocycles. The van der Waals surface area contributed by atoms with Crippen LogP contribution in [0.1, 0.15) is 39.5 Å². The molecular formula is C26H30O6. The smallest absolute Gasteiger partial charge is 0.331 e. The van der Waals surface area contributed by atoms with Crippen LogP contribution in [0.5, 0.6) is 0 Å². The van der Waals surface area contributed by atoms with E-state index in [0.29, 0.717) is 13.2 Å². The monoisotopic (exact) mass is 438 g/mol. The van der Waals surface area contributed by atoms with Crippen LogP contribution >= 0.6 is 0 Å². The van der Waals surface area contributed by atoms with Crippen molar-refractivity contribution in [3.8, 4) is 0 Å². The van der Waals surface area contributed by atoms with E-state index in [-0.39, 0.29) is 36.0 Å². The average molecular weight is 439 g/mol. The molecule has 170 valence electrons. The molecule has 4 atom stereocenters. The first kappa shape index (κ1) is 22.2. The third-order valence-corrected chi connectivity index (χ3v) is 6.12. The number of carbonyl (C=O) groups is 2. The number of fused-ring (bicyclic) bond motifs is 2. The molecule has 6 heteroatoms.